The topological polar surface area (TPSA) is 46.5 Å². The zero-order valence-corrected chi connectivity index (χ0v) is 10.9. The van der Waals surface area contributed by atoms with Crippen molar-refractivity contribution < 1.29 is 31.7 Å². The van der Waals surface area contributed by atoms with Gasteiger partial charge in [-0.25, -0.2) is 0 Å². The van der Waals surface area contributed by atoms with Gasteiger partial charge in [0.05, 0.1) is 0 Å². The number of carbonyl (C=O) groups excluding carboxylic acids is 1. The third kappa shape index (κ3) is 5.98. The largest absolute Gasteiger partial charge is 0.509 e. The van der Waals surface area contributed by atoms with Gasteiger partial charge in [-0.05, 0) is 6.42 Å². The Morgan fingerprint density at radius 1 is 1.47 bits per heavy atom. The molecule has 0 saturated carbocycles. The fourth-order valence-electron chi connectivity index (χ4n) is 0.940. The molecule has 0 fully saturated rings. The summed E-state index contributed by atoms with van der Waals surface area (Å²) in [5.41, 5.74) is -0.458. The molecule has 0 aliphatic carbocycles. The van der Waals surface area contributed by atoms with Crippen LogP contribution in [0.3, 0.4) is 0 Å². The molecule has 1 atom stereocenters. The zero-order chi connectivity index (χ0) is 11.4. The number of rotatable bonds is 4. The molecule has 0 heterocycles. The van der Waals surface area contributed by atoms with Crippen LogP contribution in [0.4, 0.5) is 0 Å². The van der Waals surface area contributed by atoms with Crippen LogP contribution >= 0.6 is 0 Å². The van der Waals surface area contributed by atoms with Crippen LogP contribution in [0.2, 0.25) is 0 Å². The first-order valence-electron chi connectivity index (χ1n) is 4.80. The minimum absolute atomic E-state index is 0. The maximum Gasteiger partial charge on any atom is 0.164 e. The summed E-state index contributed by atoms with van der Waals surface area (Å²) in [4.78, 5) is 11.5. The molecule has 0 aromatic rings. The molecule has 0 saturated heterocycles. The summed E-state index contributed by atoms with van der Waals surface area (Å²) in [6.07, 6.45) is 1.54. The number of methoxy groups -OCH3 is 1. The van der Waals surface area contributed by atoms with Gasteiger partial charge < -0.3 is 9.84 Å². The van der Waals surface area contributed by atoms with E-state index in [0.29, 0.717) is 6.42 Å². The molecule has 3 nitrogen and oxygen atoms in total. The molecule has 93 valence electrons. The number of aliphatic hydroxyl groups is 1. The average Bonchev–Trinajstić information content (AvgIpc) is 2.04. The minimum Gasteiger partial charge on any atom is -0.509 e. The van der Waals surface area contributed by atoms with Crippen molar-refractivity contribution in [2.24, 2.45) is 5.41 Å². The Hall–Kier alpha value is -0.311. The maximum absolute atomic E-state index is 11.5. The molecular weight excluding hydrogens is 244 g/mol. The Balaban J connectivity index is 0. The van der Waals surface area contributed by atoms with E-state index in [9.17, 15) is 9.90 Å². The second kappa shape index (κ2) is 7.04. The van der Waals surface area contributed by atoms with E-state index >= 15 is 0 Å². The predicted octanol–water partition coefficient (Wildman–Crippen LogP) is 2.47. The Bertz CT molecular complexity index is 224. The van der Waals surface area contributed by atoms with Gasteiger partial charge in [-0.15, -0.1) is 0 Å². The fraction of sp³-hybridized carbons (Fsp3) is 0.727. The van der Waals surface area contributed by atoms with Crippen molar-refractivity contribution >= 4 is 5.78 Å². The quantitative estimate of drug-likeness (QED) is 0.482. The molecule has 0 rings (SSSR count). The van der Waals surface area contributed by atoms with Crippen molar-refractivity contribution in [3.05, 3.63) is 11.8 Å². The van der Waals surface area contributed by atoms with Gasteiger partial charge in [0.25, 0.3) is 0 Å². The van der Waals surface area contributed by atoms with Gasteiger partial charge in [0, 0.05) is 35.7 Å². The summed E-state index contributed by atoms with van der Waals surface area (Å²) < 4.78 is 5.00. The molecular formula is C11H20CuO3. The fourth-order valence-corrected chi connectivity index (χ4v) is 0.940. The summed E-state index contributed by atoms with van der Waals surface area (Å²) in [6.45, 7) is 7.33. The van der Waals surface area contributed by atoms with Crippen molar-refractivity contribution in [1.82, 2.24) is 0 Å². The SMILES string of the molecule is CCC(OC)/C(O)=C/C(=O)C(C)(C)C.[Cu]. The zero-order valence-electron chi connectivity index (χ0n) is 9.93. The van der Waals surface area contributed by atoms with E-state index in [0.717, 1.165) is 0 Å². The molecule has 1 unspecified atom stereocenters. The van der Waals surface area contributed by atoms with Crippen LogP contribution in [0.1, 0.15) is 34.1 Å². The number of hydrogen-bond donors (Lipinski definition) is 1. The van der Waals surface area contributed by atoms with Gasteiger partial charge in [0.1, 0.15) is 11.9 Å². The summed E-state index contributed by atoms with van der Waals surface area (Å²) >= 11 is 0. The van der Waals surface area contributed by atoms with Crippen LogP contribution in [0.15, 0.2) is 11.8 Å². The van der Waals surface area contributed by atoms with Crippen molar-refractivity contribution in [1.29, 1.82) is 0 Å². The molecule has 0 spiro atoms. The van der Waals surface area contributed by atoms with Crippen LogP contribution in [-0.4, -0.2) is 24.1 Å². The first-order valence-corrected chi connectivity index (χ1v) is 4.80. The predicted molar refractivity (Wildman–Crippen MR) is 56.3 cm³/mol. The number of ketones is 1. The Morgan fingerprint density at radius 2 is 1.93 bits per heavy atom. The smallest absolute Gasteiger partial charge is 0.164 e. The summed E-state index contributed by atoms with van der Waals surface area (Å²) in [6, 6.07) is 0. The van der Waals surface area contributed by atoms with Gasteiger partial charge in [-0.2, -0.15) is 0 Å². The Morgan fingerprint density at radius 3 is 2.20 bits per heavy atom. The number of aliphatic hydroxyl groups excluding tert-OH is 1. The minimum atomic E-state index is -0.458. The van der Waals surface area contributed by atoms with E-state index in [2.05, 4.69) is 0 Å². The molecule has 0 bridgehead atoms. The number of hydrogen-bond acceptors (Lipinski definition) is 3. The molecule has 1 N–H and O–H groups in total. The van der Waals surface area contributed by atoms with Gasteiger partial charge in [-0.1, -0.05) is 27.7 Å². The van der Waals surface area contributed by atoms with Gasteiger partial charge >= 0.3 is 0 Å². The van der Waals surface area contributed by atoms with E-state index in [1.165, 1.54) is 13.2 Å². The molecule has 0 amide bonds. The first kappa shape index (κ1) is 17.1. The molecule has 15 heavy (non-hydrogen) atoms. The summed E-state index contributed by atoms with van der Waals surface area (Å²) in [5.74, 6) is -0.0829. The second-order valence-corrected chi connectivity index (χ2v) is 4.32. The number of ether oxygens (including phenoxy) is 1. The normalized spacial score (nSPS) is 14.3. The molecule has 4 heteroatoms. The first-order chi connectivity index (χ1) is 6.32. The van der Waals surface area contributed by atoms with Crippen molar-refractivity contribution in [2.45, 2.75) is 40.2 Å². The molecule has 0 aliphatic heterocycles. The Labute approximate surface area is 102 Å². The number of carbonyl (C=O) groups is 1. The van der Waals surface area contributed by atoms with Crippen molar-refractivity contribution in [2.75, 3.05) is 7.11 Å². The maximum atomic E-state index is 11.5. The average molecular weight is 264 g/mol. The van der Waals surface area contributed by atoms with Crippen LogP contribution in [0.25, 0.3) is 0 Å². The van der Waals surface area contributed by atoms with Crippen LogP contribution in [0, 0.1) is 5.41 Å². The van der Waals surface area contributed by atoms with E-state index in [1.54, 1.807) is 0 Å². The Kier molecular flexibility index (Phi) is 8.03. The van der Waals surface area contributed by atoms with Crippen LogP contribution in [-0.2, 0) is 26.6 Å². The molecule has 1 radical (unpaired) electrons. The van der Waals surface area contributed by atoms with E-state index < -0.39 is 5.41 Å². The summed E-state index contributed by atoms with van der Waals surface area (Å²) in [5, 5.41) is 9.56. The van der Waals surface area contributed by atoms with Crippen LogP contribution < -0.4 is 0 Å². The van der Waals surface area contributed by atoms with E-state index in [4.69, 9.17) is 4.74 Å². The van der Waals surface area contributed by atoms with Crippen LogP contribution in [0.5, 0.6) is 0 Å². The van der Waals surface area contributed by atoms with Crippen molar-refractivity contribution in [3.63, 3.8) is 0 Å². The molecule has 0 aromatic heterocycles. The monoisotopic (exact) mass is 263 g/mol. The standard InChI is InChI=1S/C11H20O3.Cu/c1-6-9(14-5)8(12)7-10(13)11(2,3)4;/h7,9,12H,6H2,1-5H3;/b8-7-;. The number of allylic oxidation sites excluding steroid dienone is 1. The third-order valence-electron chi connectivity index (χ3n) is 2.00. The third-order valence-corrected chi connectivity index (χ3v) is 2.00. The van der Waals surface area contributed by atoms with Gasteiger partial charge in [-0.3, -0.25) is 4.79 Å². The van der Waals surface area contributed by atoms with E-state index in [-0.39, 0.29) is 34.7 Å². The summed E-state index contributed by atoms with van der Waals surface area (Å²) in [7, 11) is 1.51. The molecule has 0 aliphatic rings. The van der Waals surface area contributed by atoms with Gasteiger partial charge in [0.2, 0.25) is 0 Å². The second-order valence-electron chi connectivity index (χ2n) is 4.32. The molecule has 0 aromatic carbocycles. The van der Waals surface area contributed by atoms with Crippen molar-refractivity contribution in [3.8, 4) is 0 Å². The van der Waals surface area contributed by atoms with Gasteiger partial charge in [0.15, 0.2) is 5.78 Å². The van der Waals surface area contributed by atoms with E-state index in [1.807, 2.05) is 27.7 Å².